The van der Waals surface area contributed by atoms with Gasteiger partial charge in [0.05, 0.1) is 5.71 Å². The normalized spacial score (nSPS) is 10.3. The molecule has 0 aliphatic rings. The molecule has 9 heteroatoms. The fourth-order valence-electron chi connectivity index (χ4n) is 2.36. The average molecular weight is 350 g/mol. The molecule has 3 rings (SSSR count). The summed E-state index contributed by atoms with van der Waals surface area (Å²) >= 11 is 0. The Labute approximate surface area is 147 Å². The van der Waals surface area contributed by atoms with Gasteiger partial charge in [-0.15, -0.1) is 0 Å². The van der Waals surface area contributed by atoms with Gasteiger partial charge in [-0.3, -0.25) is 15.3 Å². The maximum absolute atomic E-state index is 11.3. The van der Waals surface area contributed by atoms with Crippen LogP contribution in [0.1, 0.15) is 11.1 Å². The molecule has 0 saturated heterocycles. The Morgan fingerprint density at radius 3 is 2.69 bits per heavy atom. The van der Waals surface area contributed by atoms with Crippen LogP contribution >= 0.6 is 0 Å². The lowest BCUT2D eigenvalue weighted by Crippen LogP contribution is -2.21. The first-order chi connectivity index (χ1) is 12.5. The predicted molar refractivity (Wildman–Crippen MR) is 94.9 cm³/mol. The SMILES string of the molecule is N=C(c1cccc(NC(=O)C(=O)O)c1)c1cc(-c2ncn[nH]2)ccc1N. The molecule has 1 heterocycles. The molecule has 9 nitrogen and oxygen atoms in total. The zero-order chi connectivity index (χ0) is 18.7. The Bertz CT molecular complexity index is 997. The number of aromatic nitrogens is 3. The highest BCUT2D eigenvalue weighted by Gasteiger charge is 2.14. The molecule has 130 valence electrons. The third-order valence-electron chi connectivity index (χ3n) is 3.61. The van der Waals surface area contributed by atoms with Crippen LogP contribution < -0.4 is 11.1 Å². The van der Waals surface area contributed by atoms with Gasteiger partial charge >= 0.3 is 11.9 Å². The quantitative estimate of drug-likeness (QED) is 0.272. The maximum atomic E-state index is 11.3. The third kappa shape index (κ3) is 3.41. The van der Waals surface area contributed by atoms with Crippen LogP contribution in [0.5, 0.6) is 0 Å². The van der Waals surface area contributed by atoms with Crippen molar-refractivity contribution in [2.24, 2.45) is 0 Å². The summed E-state index contributed by atoms with van der Waals surface area (Å²) in [5.74, 6) is -2.20. The number of hydrogen-bond donors (Lipinski definition) is 5. The van der Waals surface area contributed by atoms with Crippen LogP contribution in [0.2, 0.25) is 0 Å². The summed E-state index contributed by atoms with van der Waals surface area (Å²) in [5.41, 5.74) is 8.45. The molecule has 3 aromatic rings. The van der Waals surface area contributed by atoms with Crippen molar-refractivity contribution < 1.29 is 14.7 Å². The van der Waals surface area contributed by atoms with E-state index < -0.39 is 11.9 Å². The van der Waals surface area contributed by atoms with Gasteiger partial charge in [0.2, 0.25) is 0 Å². The van der Waals surface area contributed by atoms with E-state index in [0.717, 1.165) is 0 Å². The van der Waals surface area contributed by atoms with Gasteiger partial charge in [0, 0.05) is 28.1 Å². The van der Waals surface area contributed by atoms with Gasteiger partial charge in [0.1, 0.15) is 6.33 Å². The lowest BCUT2D eigenvalue weighted by atomic mass is 9.98. The smallest absolute Gasteiger partial charge is 0.394 e. The second kappa shape index (κ2) is 6.85. The van der Waals surface area contributed by atoms with Gasteiger partial charge < -0.3 is 16.2 Å². The van der Waals surface area contributed by atoms with E-state index in [4.69, 9.17) is 16.2 Å². The standard InChI is InChI=1S/C17H14N6O3/c18-13-5-4-10(15-20-8-21-23-15)7-12(13)14(19)9-2-1-3-11(6-9)22-16(24)17(25)26/h1-8,19H,18H2,(H,22,24)(H,25,26)(H,20,21,23). The number of benzene rings is 2. The molecular weight excluding hydrogens is 336 g/mol. The number of aliphatic carboxylic acids is 1. The van der Waals surface area contributed by atoms with Crippen LogP contribution in [0, 0.1) is 5.41 Å². The van der Waals surface area contributed by atoms with Gasteiger partial charge in [-0.2, -0.15) is 5.10 Å². The van der Waals surface area contributed by atoms with Crippen molar-refractivity contribution in [2.75, 3.05) is 11.1 Å². The van der Waals surface area contributed by atoms with Crippen molar-refractivity contribution in [2.45, 2.75) is 0 Å². The van der Waals surface area contributed by atoms with Crippen molar-refractivity contribution in [1.29, 1.82) is 5.41 Å². The third-order valence-corrected chi connectivity index (χ3v) is 3.61. The van der Waals surface area contributed by atoms with Crippen LogP contribution in [0.3, 0.4) is 0 Å². The Kier molecular flexibility index (Phi) is 4.44. The number of carbonyl (C=O) groups is 2. The molecule has 0 aliphatic carbocycles. The highest BCUT2D eigenvalue weighted by atomic mass is 16.4. The van der Waals surface area contributed by atoms with E-state index in [0.29, 0.717) is 28.2 Å². The van der Waals surface area contributed by atoms with Crippen LogP contribution in [-0.4, -0.2) is 37.9 Å². The Hall–Kier alpha value is -4.01. The van der Waals surface area contributed by atoms with Crippen LogP contribution in [0.4, 0.5) is 11.4 Å². The largest absolute Gasteiger partial charge is 0.474 e. The van der Waals surface area contributed by atoms with Gasteiger partial charge in [0.25, 0.3) is 0 Å². The topological polar surface area (TPSA) is 158 Å². The molecule has 0 aliphatic heterocycles. The molecule has 1 aromatic heterocycles. The molecule has 1 amide bonds. The summed E-state index contributed by atoms with van der Waals surface area (Å²) < 4.78 is 0. The molecule has 0 spiro atoms. The fraction of sp³-hybridized carbons (Fsp3) is 0. The van der Waals surface area contributed by atoms with E-state index >= 15 is 0 Å². The highest BCUT2D eigenvalue weighted by molar-refractivity contribution is 6.36. The number of amides is 1. The summed E-state index contributed by atoms with van der Waals surface area (Å²) in [5, 5.41) is 25.9. The monoisotopic (exact) mass is 350 g/mol. The molecule has 0 fully saturated rings. The van der Waals surface area contributed by atoms with E-state index in [1.807, 2.05) is 0 Å². The van der Waals surface area contributed by atoms with E-state index in [1.54, 1.807) is 30.3 Å². The van der Waals surface area contributed by atoms with Crippen molar-refractivity contribution in [3.63, 3.8) is 0 Å². The number of aromatic amines is 1. The van der Waals surface area contributed by atoms with Crippen molar-refractivity contribution in [3.05, 3.63) is 59.9 Å². The van der Waals surface area contributed by atoms with Gasteiger partial charge in [-0.1, -0.05) is 12.1 Å². The summed E-state index contributed by atoms with van der Waals surface area (Å²) in [6.07, 6.45) is 1.38. The van der Waals surface area contributed by atoms with Crippen LogP contribution in [0.25, 0.3) is 11.4 Å². The zero-order valence-electron chi connectivity index (χ0n) is 13.4. The minimum Gasteiger partial charge on any atom is -0.474 e. The number of carbonyl (C=O) groups excluding carboxylic acids is 1. The number of H-pyrrole nitrogens is 1. The number of carboxylic acid groups (broad SMARTS) is 1. The van der Waals surface area contributed by atoms with E-state index in [1.165, 1.54) is 18.5 Å². The molecule has 0 saturated carbocycles. The number of nitrogens with two attached hydrogens (primary N) is 1. The number of rotatable bonds is 4. The Morgan fingerprint density at radius 2 is 2.00 bits per heavy atom. The van der Waals surface area contributed by atoms with E-state index in [2.05, 4.69) is 20.5 Å². The van der Waals surface area contributed by atoms with Gasteiger partial charge in [-0.25, -0.2) is 9.78 Å². The highest BCUT2D eigenvalue weighted by Crippen LogP contribution is 2.24. The van der Waals surface area contributed by atoms with Gasteiger partial charge in [0.15, 0.2) is 5.82 Å². The fourth-order valence-corrected chi connectivity index (χ4v) is 2.36. The molecule has 6 N–H and O–H groups in total. The lowest BCUT2D eigenvalue weighted by molar-refractivity contribution is -0.147. The first-order valence-electron chi connectivity index (χ1n) is 7.44. The number of nitrogens with zero attached hydrogens (tertiary/aromatic N) is 2. The number of nitrogen functional groups attached to an aromatic ring is 1. The summed E-state index contributed by atoms with van der Waals surface area (Å²) in [4.78, 5) is 26.0. The molecular formula is C17H14N6O3. The summed E-state index contributed by atoms with van der Waals surface area (Å²) in [6, 6.07) is 11.4. The molecule has 0 unspecified atom stereocenters. The molecule has 0 radical (unpaired) electrons. The maximum Gasteiger partial charge on any atom is 0.394 e. The minimum atomic E-state index is -1.59. The number of carboxylic acids is 1. The van der Waals surface area contributed by atoms with E-state index in [-0.39, 0.29) is 11.4 Å². The summed E-state index contributed by atoms with van der Waals surface area (Å²) in [6.45, 7) is 0. The lowest BCUT2D eigenvalue weighted by Gasteiger charge is -2.11. The number of nitrogens with one attached hydrogen (secondary N) is 3. The number of hydrogen-bond acceptors (Lipinski definition) is 6. The first kappa shape index (κ1) is 16.8. The van der Waals surface area contributed by atoms with Crippen LogP contribution in [-0.2, 0) is 9.59 Å². The average Bonchev–Trinajstić information content (AvgIpc) is 3.16. The molecule has 0 bridgehead atoms. The molecule has 2 aromatic carbocycles. The van der Waals surface area contributed by atoms with Crippen LogP contribution in [0.15, 0.2) is 48.8 Å². The summed E-state index contributed by atoms with van der Waals surface area (Å²) in [7, 11) is 0. The number of anilines is 2. The van der Waals surface area contributed by atoms with E-state index in [9.17, 15) is 9.59 Å². The van der Waals surface area contributed by atoms with Crippen molar-refractivity contribution in [3.8, 4) is 11.4 Å². The Balaban J connectivity index is 1.93. The predicted octanol–water partition coefficient (Wildman–Crippen LogP) is 1.49. The zero-order valence-corrected chi connectivity index (χ0v) is 13.4. The minimum absolute atomic E-state index is 0.121. The second-order valence-corrected chi connectivity index (χ2v) is 5.35. The Morgan fingerprint density at radius 1 is 1.19 bits per heavy atom. The molecule has 0 atom stereocenters. The van der Waals surface area contributed by atoms with Crippen molar-refractivity contribution >= 4 is 29.0 Å². The molecule has 26 heavy (non-hydrogen) atoms. The second-order valence-electron chi connectivity index (χ2n) is 5.35. The van der Waals surface area contributed by atoms with Gasteiger partial charge in [-0.05, 0) is 30.3 Å². The first-order valence-corrected chi connectivity index (χ1v) is 7.44. The van der Waals surface area contributed by atoms with Crippen molar-refractivity contribution in [1.82, 2.24) is 15.2 Å².